The minimum absolute atomic E-state index is 0.0103. The summed E-state index contributed by atoms with van der Waals surface area (Å²) < 4.78 is 0. The van der Waals surface area contributed by atoms with Gasteiger partial charge in [-0.15, -0.1) is 0 Å². The summed E-state index contributed by atoms with van der Waals surface area (Å²) in [6, 6.07) is 0. The number of carboxylic acids is 1. The Hall–Kier alpha value is -1.10. The molecular weight excluding hydrogens is 212 g/mol. The molecule has 2 heterocycles. The summed E-state index contributed by atoms with van der Waals surface area (Å²) >= 11 is 1.84. The van der Waals surface area contributed by atoms with Crippen LogP contribution in [-0.2, 0) is 23.4 Å². The number of hydrogen-bond donors (Lipinski definition) is 1. The third kappa shape index (κ3) is 2.28. The summed E-state index contributed by atoms with van der Waals surface area (Å²) in [5.74, 6) is 1.76. The Labute approximate surface area is 92.1 Å². The summed E-state index contributed by atoms with van der Waals surface area (Å²) in [4.78, 5) is 19.3. The average Bonchev–Trinajstić information content (AvgIpc) is 2.16. The zero-order valence-corrected chi connectivity index (χ0v) is 9.30. The van der Waals surface area contributed by atoms with Gasteiger partial charge in [-0.2, -0.15) is 11.8 Å². The van der Waals surface area contributed by atoms with Crippen LogP contribution in [0.5, 0.6) is 0 Å². The van der Waals surface area contributed by atoms with Gasteiger partial charge in [0.15, 0.2) is 0 Å². The zero-order valence-electron chi connectivity index (χ0n) is 8.49. The van der Waals surface area contributed by atoms with E-state index in [1.165, 1.54) is 0 Å². The predicted octanol–water partition coefficient (Wildman–Crippen LogP) is 1.20. The van der Waals surface area contributed by atoms with Gasteiger partial charge in [-0.1, -0.05) is 0 Å². The highest BCUT2D eigenvalue weighted by atomic mass is 32.2. The lowest BCUT2D eigenvalue weighted by molar-refractivity contribution is -0.136. The first kappa shape index (κ1) is 10.4. The Bertz CT molecular complexity index is 407. The highest BCUT2D eigenvalue weighted by Crippen LogP contribution is 2.25. The normalized spacial score (nSPS) is 14.7. The van der Waals surface area contributed by atoms with Crippen molar-refractivity contribution >= 4 is 17.7 Å². The molecule has 0 amide bonds. The molecule has 2 rings (SSSR count). The Kier molecular flexibility index (Phi) is 2.90. The lowest BCUT2D eigenvalue weighted by Crippen LogP contribution is -2.15. The van der Waals surface area contributed by atoms with Crippen LogP contribution in [0.1, 0.15) is 22.8 Å². The van der Waals surface area contributed by atoms with E-state index in [1.54, 1.807) is 0 Å². The molecule has 5 heteroatoms. The number of carboxylic acid groups (broad SMARTS) is 1. The number of thioether (sulfide) groups is 1. The van der Waals surface area contributed by atoms with E-state index in [9.17, 15) is 4.79 Å². The lowest BCUT2D eigenvalue weighted by atomic mass is 10.1. The van der Waals surface area contributed by atoms with Gasteiger partial charge in [0.2, 0.25) is 0 Å². The molecule has 1 aliphatic rings. The van der Waals surface area contributed by atoms with Crippen LogP contribution < -0.4 is 0 Å². The maximum Gasteiger partial charge on any atom is 0.309 e. The largest absolute Gasteiger partial charge is 0.481 e. The molecule has 0 saturated heterocycles. The molecule has 1 aromatic heterocycles. The molecule has 0 bridgehead atoms. The molecule has 0 spiro atoms. The quantitative estimate of drug-likeness (QED) is 0.817. The smallest absolute Gasteiger partial charge is 0.309 e. The Morgan fingerprint density at radius 2 is 2.33 bits per heavy atom. The molecule has 0 radical (unpaired) electrons. The van der Waals surface area contributed by atoms with Gasteiger partial charge >= 0.3 is 5.97 Å². The van der Waals surface area contributed by atoms with Crippen LogP contribution in [0.3, 0.4) is 0 Å². The summed E-state index contributed by atoms with van der Waals surface area (Å²) in [6.07, 6.45) is 0.902. The first-order valence-electron chi connectivity index (χ1n) is 4.81. The molecule has 0 atom stereocenters. The van der Waals surface area contributed by atoms with Crippen molar-refractivity contribution in [3.8, 4) is 0 Å². The Balaban J connectivity index is 2.43. The summed E-state index contributed by atoms with van der Waals surface area (Å²) in [7, 11) is 0. The van der Waals surface area contributed by atoms with Crippen molar-refractivity contribution in [2.45, 2.75) is 25.5 Å². The molecule has 0 aromatic carbocycles. The average molecular weight is 224 g/mol. The van der Waals surface area contributed by atoms with Gasteiger partial charge in [0.1, 0.15) is 5.82 Å². The number of aromatic nitrogens is 2. The standard InChI is InChI=1S/C10H12N2O2S/c1-6-11-8(4-10(13)14)7-2-3-15-5-9(7)12-6/h2-5H2,1H3,(H,13,14). The third-order valence-corrected chi connectivity index (χ3v) is 3.31. The molecule has 1 N–H and O–H groups in total. The van der Waals surface area contributed by atoms with Gasteiger partial charge in [-0.05, 0) is 24.7 Å². The number of rotatable bonds is 2. The lowest BCUT2D eigenvalue weighted by Gasteiger charge is -2.17. The molecule has 0 saturated carbocycles. The second kappa shape index (κ2) is 4.18. The van der Waals surface area contributed by atoms with Crippen LogP contribution in [0.2, 0.25) is 0 Å². The zero-order chi connectivity index (χ0) is 10.8. The summed E-state index contributed by atoms with van der Waals surface area (Å²) in [5, 5.41) is 8.79. The molecule has 1 aromatic rings. The van der Waals surface area contributed by atoms with Crippen LogP contribution in [0.15, 0.2) is 0 Å². The van der Waals surface area contributed by atoms with Crippen LogP contribution >= 0.6 is 11.8 Å². The van der Waals surface area contributed by atoms with Gasteiger partial charge in [-0.25, -0.2) is 9.97 Å². The van der Waals surface area contributed by atoms with Crippen LogP contribution in [0, 0.1) is 6.92 Å². The van der Waals surface area contributed by atoms with Gasteiger partial charge in [0.05, 0.1) is 17.8 Å². The van der Waals surface area contributed by atoms with E-state index in [0.717, 1.165) is 29.2 Å². The second-order valence-corrected chi connectivity index (χ2v) is 4.62. The van der Waals surface area contributed by atoms with Gasteiger partial charge in [0, 0.05) is 5.75 Å². The fourth-order valence-corrected chi connectivity index (χ4v) is 2.68. The monoisotopic (exact) mass is 224 g/mol. The fourth-order valence-electron chi connectivity index (χ4n) is 1.76. The Morgan fingerprint density at radius 3 is 3.07 bits per heavy atom. The van der Waals surface area contributed by atoms with Crippen molar-refractivity contribution in [3.05, 3.63) is 22.8 Å². The molecule has 1 aliphatic heterocycles. The molecule has 0 aliphatic carbocycles. The van der Waals surface area contributed by atoms with Crippen molar-refractivity contribution in [1.82, 2.24) is 9.97 Å². The van der Waals surface area contributed by atoms with Crippen LogP contribution in [0.4, 0.5) is 0 Å². The number of carbonyl (C=O) groups is 1. The van der Waals surface area contributed by atoms with E-state index in [1.807, 2.05) is 18.7 Å². The predicted molar refractivity (Wildman–Crippen MR) is 58.0 cm³/mol. The fraction of sp³-hybridized carbons (Fsp3) is 0.500. The minimum Gasteiger partial charge on any atom is -0.481 e. The molecule has 80 valence electrons. The van der Waals surface area contributed by atoms with Crippen molar-refractivity contribution in [3.63, 3.8) is 0 Å². The Morgan fingerprint density at radius 1 is 1.53 bits per heavy atom. The van der Waals surface area contributed by atoms with Crippen molar-refractivity contribution in [2.24, 2.45) is 0 Å². The summed E-state index contributed by atoms with van der Waals surface area (Å²) in [5.41, 5.74) is 2.78. The SMILES string of the molecule is Cc1nc2c(c(CC(=O)O)n1)CCSC2. The van der Waals surface area contributed by atoms with Crippen molar-refractivity contribution in [2.75, 3.05) is 5.75 Å². The molecule has 4 nitrogen and oxygen atoms in total. The van der Waals surface area contributed by atoms with E-state index in [4.69, 9.17) is 5.11 Å². The van der Waals surface area contributed by atoms with Crippen molar-refractivity contribution < 1.29 is 9.90 Å². The van der Waals surface area contributed by atoms with E-state index in [0.29, 0.717) is 11.5 Å². The van der Waals surface area contributed by atoms with Gasteiger partial charge in [0.25, 0.3) is 0 Å². The molecule has 0 fully saturated rings. The highest BCUT2D eigenvalue weighted by molar-refractivity contribution is 7.98. The molecule has 15 heavy (non-hydrogen) atoms. The van der Waals surface area contributed by atoms with Gasteiger partial charge in [-0.3, -0.25) is 4.79 Å². The summed E-state index contributed by atoms with van der Waals surface area (Å²) in [6.45, 7) is 1.81. The first-order chi connectivity index (χ1) is 7.16. The maximum absolute atomic E-state index is 10.7. The third-order valence-electron chi connectivity index (χ3n) is 2.34. The van der Waals surface area contributed by atoms with E-state index >= 15 is 0 Å². The van der Waals surface area contributed by atoms with E-state index in [-0.39, 0.29) is 6.42 Å². The van der Waals surface area contributed by atoms with Gasteiger partial charge < -0.3 is 5.11 Å². The number of aliphatic carboxylic acids is 1. The molecule has 0 unspecified atom stereocenters. The maximum atomic E-state index is 10.7. The second-order valence-electron chi connectivity index (χ2n) is 3.52. The number of hydrogen-bond acceptors (Lipinski definition) is 4. The first-order valence-corrected chi connectivity index (χ1v) is 5.97. The van der Waals surface area contributed by atoms with E-state index in [2.05, 4.69) is 9.97 Å². The van der Waals surface area contributed by atoms with Crippen molar-refractivity contribution in [1.29, 1.82) is 0 Å². The van der Waals surface area contributed by atoms with E-state index < -0.39 is 5.97 Å². The van der Waals surface area contributed by atoms with Crippen LogP contribution in [0.25, 0.3) is 0 Å². The minimum atomic E-state index is -0.825. The van der Waals surface area contributed by atoms with Crippen LogP contribution in [-0.4, -0.2) is 26.8 Å². The topological polar surface area (TPSA) is 63.1 Å². The molecular formula is C10H12N2O2S. The number of fused-ring (bicyclic) bond motifs is 1. The number of aryl methyl sites for hydroxylation is 1. The number of nitrogens with zero attached hydrogens (tertiary/aromatic N) is 2. The highest BCUT2D eigenvalue weighted by Gasteiger charge is 2.18.